The molecular weight excluding hydrogens is 182 g/mol. The highest BCUT2D eigenvalue weighted by atomic mass is 32.2. The van der Waals surface area contributed by atoms with Crippen LogP contribution in [0.1, 0.15) is 33.6 Å². The molecule has 0 spiro atoms. The van der Waals surface area contributed by atoms with Crippen molar-refractivity contribution in [3.8, 4) is 0 Å². The Bertz CT molecular complexity index is 174. The molecule has 3 heteroatoms. The molecule has 78 valence electrons. The number of hydrogen-bond acceptors (Lipinski definition) is 3. The Morgan fingerprint density at radius 3 is 2.23 bits per heavy atom. The Morgan fingerprint density at radius 2 is 1.92 bits per heavy atom. The smallest absolute Gasteiger partial charge is 0.0887 e. The molecule has 0 aromatic heterocycles. The lowest BCUT2D eigenvalue weighted by Gasteiger charge is -2.29. The SMILES string of the molecule is CC(C)(C)SCC(O)(CN)C1CC1. The van der Waals surface area contributed by atoms with Gasteiger partial charge < -0.3 is 10.8 Å². The van der Waals surface area contributed by atoms with Crippen LogP contribution in [0.4, 0.5) is 0 Å². The van der Waals surface area contributed by atoms with E-state index < -0.39 is 5.60 Å². The maximum atomic E-state index is 10.2. The summed E-state index contributed by atoms with van der Waals surface area (Å²) in [7, 11) is 0. The molecule has 0 aromatic carbocycles. The molecule has 1 atom stereocenters. The van der Waals surface area contributed by atoms with E-state index >= 15 is 0 Å². The fraction of sp³-hybridized carbons (Fsp3) is 1.00. The Hall–Kier alpha value is 0.270. The van der Waals surface area contributed by atoms with Crippen molar-refractivity contribution >= 4 is 11.8 Å². The lowest BCUT2D eigenvalue weighted by atomic mass is 10.0. The van der Waals surface area contributed by atoms with Gasteiger partial charge >= 0.3 is 0 Å². The monoisotopic (exact) mass is 203 g/mol. The molecule has 0 heterocycles. The van der Waals surface area contributed by atoms with Gasteiger partial charge in [-0.15, -0.1) is 0 Å². The molecule has 13 heavy (non-hydrogen) atoms. The van der Waals surface area contributed by atoms with Gasteiger partial charge in [0, 0.05) is 17.0 Å². The van der Waals surface area contributed by atoms with Crippen molar-refractivity contribution < 1.29 is 5.11 Å². The van der Waals surface area contributed by atoms with Crippen LogP contribution < -0.4 is 5.73 Å². The summed E-state index contributed by atoms with van der Waals surface area (Å²) in [6.07, 6.45) is 2.30. The number of hydrogen-bond donors (Lipinski definition) is 2. The lowest BCUT2D eigenvalue weighted by Crippen LogP contribution is -2.43. The number of thioether (sulfide) groups is 1. The van der Waals surface area contributed by atoms with Crippen LogP contribution in [0, 0.1) is 5.92 Å². The van der Waals surface area contributed by atoms with E-state index in [1.807, 2.05) is 0 Å². The molecule has 0 amide bonds. The molecular formula is C10H21NOS. The summed E-state index contributed by atoms with van der Waals surface area (Å²) in [6, 6.07) is 0. The normalized spacial score (nSPS) is 22.8. The number of aliphatic hydroxyl groups is 1. The second-order valence-electron chi connectivity index (χ2n) is 4.98. The highest BCUT2D eigenvalue weighted by Gasteiger charge is 2.43. The third-order valence-electron chi connectivity index (χ3n) is 2.45. The van der Waals surface area contributed by atoms with E-state index in [9.17, 15) is 5.11 Å². The molecule has 1 aliphatic carbocycles. The van der Waals surface area contributed by atoms with Crippen LogP contribution in [0.2, 0.25) is 0 Å². The Balaban J connectivity index is 2.39. The maximum Gasteiger partial charge on any atom is 0.0887 e. The van der Waals surface area contributed by atoms with Crippen molar-refractivity contribution in [2.24, 2.45) is 11.7 Å². The first-order valence-electron chi connectivity index (χ1n) is 4.94. The summed E-state index contributed by atoms with van der Waals surface area (Å²) < 4.78 is 0.220. The van der Waals surface area contributed by atoms with Gasteiger partial charge in [-0.25, -0.2) is 0 Å². The van der Waals surface area contributed by atoms with Gasteiger partial charge in [-0.2, -0.15) is 11.8 Å². The van der Waals surface area contributed by atoms with Crippen LogP contribution in [-0.2, 0) is 0 Å². The van der Waals surface area contributed by atoms with E-state index in [0.29, 0.717) is 12.5 Å². The van der Waals surface area contributed by atoms with Crippen LogP contribution in [0.25, 0.3) is 0 Å². The third kappa shape index (κ3) is 3.49. The topological polar surface area (TPSA) is 46.2 Å². The molecule has 1 saturated carbocycles. The van der Waals surface area contributed by atoms with Gasteiger partial charge in [0.2, 0.25) is 0 Å². The molecule has 0 bridgehead atoms. The van der Waals surface area contributed by atoms with Crippen LogP contribution in [0.3, 0.4) is 0 Å². The molecule has 3 N–H and O–H groups in total. The Labute approximate surface area is 85.3 Å². The van der Waals surface area contributed by atoms with Crippen LogP contribution in [0.5, 0.6) is 0 Å². The average Bonchev–Trinajstić information content (AvgIpc) is 2.81. The minimum absolute atomic E-state index is 0.220. The second kappa shape index (κ2) is 3.79. The minimum Gasteiger partial charge on any atom is -0.387 e. The molecule has 1 unspecified atom stereocenters. The minimum atomic E-state index is -0.599. The Morgan fingerprint density at radius 1 is 1.38 bits per heavy atom. The van der Waals surface area contributed by atoms with Crippen molar-refractivity contribution in [2.45, 2.75) is 44.0 Å². The lowest BCUT2D eigenvalue weighted by molar-refractivity contribution is 0.0508. The third-order valence-corrected chi connectivity index (χ3v) is 3.96. The van der Waals surface area contributed by atoms with E-state index in [4.69, 9.17) is 5.73 Å². The van der Waals surface area contributed by atoms with E-state index in [0.717, 1.165) is 18.6 Å². The molecule has 0 radical (unpaired) electrons. The van der Waals surface area contributed by atoms with Crippen LogP contribution in [-0.4, -0.2) is 27.8 Å². The van der Waals surface area contributed by atoms with Gasteiger partial charge in [-0.1, -0.05) is 20.8 Å². The summed E-state index contributed by atoms with van der Waals surface area (Å²) in [5.41, 5.74) is 5.01. The predicted octanol–water partition coefficient (Wildman–Crippen LogP) is 1.62. The van der Waals surface area contributed by atoms with Crippen LogP contribution in [0.15, 0.2) is 0 Å². The highest BCUT2D eigenvalue weighted by molar-refractivity contribution is 8.00. The molecule has 0 aromatic rings. The summed E-state index contributed by atoms with van der Waals surface area (Å²) in [4.78, 5) is 0. The standard InChI is InChI=1S/C10H21NOS/c1-9(2,3)13-7-10(12,6-11)8-4-5-8/h8,12H,4-7,11H2,1-3H3. The quantitative estimate of drug-likeness (QED) is 0.730. The van der Waals surface area contributed by atoms with E-state index in [1.54, 1.807) is 11.8 Å². The van der Waals surface area contributed by atoms with Crippen molar-refractivity contribution in [1.82, 2.24) is 0 Å². The number of rotatable bonds is 4. The highest BCUT2D eigenvalue weighted by Crippen LogP contribution is 2.42. The summed E-state index contributed by atoms with van der Waals surface area (Å²) in [5.74, 6) is 1.24. The van der Waals surface area contributed by atoms with Gasteiger partial charge in [0.05, 0.1) is 5.60 Å². The molecule has 1 fully saturated rings. The van der Waals surface area contributed by atoms with Crippen molar-refractivity contribution in [3.63, 3.8) is 0 Å². The Kier molecular flexibility index (Phi) is 3.31. The average molecular weight is 203 g/mol. The van der Waals surface area contributed by atoms with Gasteiger partial charge in [0.15, 0.2) is 0 Å². The zero-order valence-electron chi connectivity index (χ0n) is 8.84. The first-order valence-corrected chi connectivity index (χ1v) is 5.92. The largest absolute Gasteiger partial charge is 0.387 e. The molecule has 1 rings (SSSR count). The van der Waals surface area contributed by atoms with Gasteiger partial charge in [0.1, 0.15) is 0 Å². The van der Waals surface area contributed by atoms with Gasteiger partial charge in [-0.3, -0.25) is 0 Å². The van der Waals surface area contributed by atoms with Gasteiger partial charge in [-0.05, 0) is 18.8 Å². The summed E-state index contributed by atoms with van der Waals surface area (Å²) in [6.45, 7) is 6.91. The van der Waals surface area contributed by atoms with Crippen molar-refractivity contribution in [2.75, 3.05) is 12.3 Å². The first kappa shape index (κ1) is 11.3. The fourth-order valence-corrected chi connectivity index (χ4v) is 2.34. The van der Waals surface area contributed by atoms with E-state index in [2.05, 4.69) is 20.8 Å². The second-order valence-corrected chi connectivity index (χ2v) is 6.79. The first-order chi connectivity index (χ1) is 5.87. The van der Waals surface area contributed by atoms with E-state index in [-0.39, 0.29) is 4.75 Å². The van der Waals surface area contributed by atoms with Crippen molar-refractivity contribution in [1.29, 1.82) is 0 Å². The predicted molar refractivity (Wildman–Crippen MR) is 58.9 cm³/mol. The molecule has 2 nitrogen and oxygen atoms in total. The zero-order chi connectivity index (χ0) is 10.1. The fourth-order valence-electron chi connectivity index (χ4n) is 1.31. The molecule has 0 saturated heterocycles. The summed E-state index contributed by atoms with van der Waals surface area (Å²) in [5, 5.41) is 10.2. The molecule has 0 aliphatic heterocycles. The number of nitrogens with two attached hydrogens (primary N) is 1. The van der Waals surface area contributed by atoms with Gasteiger partial charge in [0.25, 0.3) is 0 Å². The van der Waals surface area contributed by atoms with E-state index in [1.165, 1.54) is 0 Å². The molecule has 1 aliphatic rings. The van der Waals surface area contributed by atoms with Crippen molar-refractivity contribution in [3.05, 3.63) is 0 Å². The van der Waals surface area contributed by atoms with Crippen LogP contribution >= 0.6 is 11.8 Å². The summed E-state index contributed by atoms with van der Waals surface area (Å²) >= 11 is 1.80. The zero-order valence-corrected chi connectivity index (χ0v) is 9.66. The maximum absolute atomic E-state index is 10.2.